The predicted molar refractivity (Wildman–Crippen MR) is 121 cm³/mol. The number of allylic oxidation sites excluding steroid dienone is 1. The van der Waals surface area contributed by atoms with Gasteiger partial charge in [0.15, 0.2) is 11.5 Å². The molecule has 1 aliphatic rings. The molecule has 4 rings (SSSR count). The average Bonchev–Trinajstić information content (AvgIpc) is 3.15. The highest BCUT2D eigenvalue weighted by Crippen LogP contribution is 2.36. The second kappa shape index (κ2) is 8.54. The molecule has 0 amide bonds. The van der Waals surface area contributed by atoms with E-state index in [1.807, 2.05) is 32.3 Å². The Balaban J connectivity index is 0.00000256. The van der Waals surface area contributed by atoms with Crippen molar-refractivity contribution in [2.45, 2.75) is 66.8 Å². The van der Waals surface area contributed by atoms with E-state index in [0.717, 1.165) is 35.2 Å². The molecule has 1 fully saturated rings. The van der Waals surface area contributed by atoms with Gasteiger partial charge in [0.05, 0.1) is 5.69 Å². The molecule has 0 bridgehead atoms. The van der Waals surface area contributed by atoms with Crippen LogP contribution >= 0.6 is 0 Å². The largest absolute Gasteiger partial charge is 0.351 e. The Kier molecular flexibility index (Phi) is 6.25. The van der Waals surface area contributed by atoms with Gasteiger partial charge in [0.2, 0.25) is 5.95 Å². The van der Waals surface area contributed by atoms with Crippen molar-refractivity contribution in [2.75, 3.05) is 5.32 Å². The smallest absolute Gasteiger partial charge is 0.223 e. The van der Waals surface area contributed by atoms with Gasteiger partial charge in [0.1, 0.15) is 0 Å². The molecule has 3 heterocycles. The van der Waals surface area contributed by atoms with E-state index >= 15 is 0 Å². The number of rotatable bonds is 4. The SMILES string of the molecule is C.C/C=C(/c1cc(F)c2nccn2c1)c1cnc(NC2CCC(C)(C)CC2)nc1C. The van der Waals surface area contributed by atoms with Crippen molar-refractivity contribution in [1.82, 2.24) is 19.4 Å². The van der Waals surface area contributed by atoms with E-state index in [4.69, 9.17) is 4.98 Å². The van der Waals surface area contributed by atoms with Gasteiger partial charge in [-0.05, 0) is 56.6 Å². The monoisotopic (exact) mass is 409 g/mol. The third-order valence-corrected chi connectivity index (χ3v) is 5.98. The van der Waals surface area contributed by atoms with Crippen LogP contribution in [0, 0.1) is 18.2 Å². The lowest BCUT2D eigenvalue weighted by Crippen LogP contribution is -2.30. The van der Waals surface area contributed by atoms with Crippen LogP contribution in [0.1, 0.15) is 70.7 Å². The van der Waals surface area contributed by atoms with Crippen molar-refractivity contribution in [1.29, 1.82) is 0 Å². The van der Waals surface area contributed by atoms with E-state index in [2.05, 4.69) is 29.1 Å². The summed E-state index contributed by atoms with van der Waals surface area (Å²) in [6, 6.07) is 1.94. The third-order valence-electron chi connectivity index (χ3n) is 5.98. The number of nitrogens with zero attached hydrogens (tertiary/aromatic N) is 4. The van der Waals surface area contributed by atoms with Gasteiger partial charge in [-0.2, -0.15) is 0 Å². The molecule has 0 radical (unpaired) electrons. The second-order valence-electron chi connectivity index (χ2n) is 8.71. The highest BCUT2D eigenvalue weighted by Gasteiger charge is 2.27. The van der Waals surface area contributed by atoms with E-state index in [-0.39, 0.29) is 13.2 Å². The maximum absolute atomic E-state index is 14.4. The van der Waals surface area contributed by atoms with E-state index in [1.54, 1.807) is 16.8 Å². The fourth-order valence-corrected chi connectivity index (χ4v) is 4.14. The van der Waals surface area contributed by atoms with E-state index in [9.17, 15) is 4.39 Å². The zero-order valence-electron chi connectivity index (χ0n) is 17.5. The van der Waals surface area contributed by atoms with Crippen LogP contribution in [0.15, 0.2) is 36.9 Å². The molecule has 0 saturated heterocycles. The predicted octanol–water partition coefficient (Wildman–Crippen LogP) is 6.04. The maximum atomic E-state index is 14.4. The second-order valence-corrected chi connectivity index (χ2v) is 8.71. The van der Waals surface area contributed by atoms with Crippen LogP contribution in [0.3, 0.4) is 0 Å². The molecule has 30 heavy (non-hydrogen) atoms. The minimum Gasteiger partial charge on any atom is -0.351 e. The lowest BCUT2D eigenvalue weighted by Gasteiger charge is -2.34. The zero-order valence-corrected chi connectivity index (χ0v) is 17.5. The molecule has 0 atom stereocenters. The van der Waals surface area contributed by atoms with Gasteiger partial charge in [-0.1, -0.05) is 27.4 Å². The number of halogens is 1. The fourth-order valence-electron chi connectivity index (χ4n) is 4.14. The van der Waals surface area contributed by atoms with E-state index in [1.165, 1.54) is 18.9 Å². The normalized spacial score (nSPS) is 17.0. The number of nitrogens with one attached hydrogen (secondary N) is 1. The molecule has 0 unspecified atom stereocenters. The quantitative estimate of drug-likeness (QED) is 0.571. The van der Waals surface area contributed by atoms with Crippen LogP contribution in [0.2, 0.25) is 0 Å². The highest BCUT2D eigenvalue weighted by molar-refractivity contribution is 5.80. The van der Waals surface area contributed by atoms with Crippen LogP contribution in [-0.2, 0) is 0 Å². The Hall–Kier alpha value is -2.76. The molecule has 6 heteroatoms. The van der Waals surface area contributed by atoms with Crippen LogP contribution in [-0.4, -0.2) is 25.4 Å². The number of aryl methyl sites for hydroxylation is 1. The highest BCUT2D eigenvalue weighted by atomic mass is 19.1. The summed E-state index contributed by atoms with van der Waals surface area (Å²) in [7, 11) is 0. The molecule has 1 N–H and O–H groups in total. The first-order chi connectivity index (χ1) is 13.9. The van der Waals surface area contributed by atoms with Crippen molar-refractivity contribution in [2.24, 2.45) is 5.41 Å². The summed E-state index contributed by atoms with van der Waals surface area (Å²) >= 11 is 0. The van der Waals surface area contributed by atoms with Gasteiger partial charge in [-0.25, -0.2) is 19.3 Å². The third kappa shape index (κ3) is 4.37. The Bertz CT molecular complexity index is 1060. The van der Waals surface area contributed by atoms with Gasteiger partial charge in [0, 0.05) is 42.0 Å². The van der Waals surface area contributed by atoms with Crippen molar-refractivity contribution in [3.05, 3.63) is 59.6 Å². The number of anilines is 1. The van der Waals surface area contributed by atoms with Gasteiger partial charge >= 0.3 is 0 Å². The van der Waals surface area contributed by atoms with Crippen LogP contribution in [0.25, 0.3) is 11.2 Å². The standard InChI is InChI=1S/C23H28FN5.CH4/c1-5-18(16-12-20(24)21-25-10-11-29(21)14-16)19-13-26-22(27-15(19)2)28-17-6-8-23(3,4)9-7-17;/h5,10-14,17H,6-9H2,1-4H3,(H,26,27,28);1H4/b18-5-;. The van der Waals surface area contributed by atoms with Crippen molar-refractivity contribution < 1.29 is 4.39 Å². The van der Waals surface area contributed by atoms with Crippen molar-refractivity contribution in [3.8, 4) is 0 Å². The summed E-state index contributed by atoms with van der Waals surface area (Å²) in [4.78, 5) is 13.3. The first-order valence-electron chi connectivity index (χ1n) is 10.3. The first-order valence-corrected chi connectivity index (χ1v) is 10.3. The Morgan fingerprint density at radius 3 is 2.67 bits per heavy atom. The number of hydrogen-bond donors (Lipinski definition) is 1. The molecule has 0 aliphatic heterocycles. The molecule has 160 valence electrons. The Labute approximate surface area is 178 Å². The Morgan fingerprint density at radius 1 is 1.27 bits per heavy atom. The molecule has 0 aromatic carbocycles. The summed E-state index contributed by atoms with van der Waals surface area (Å²) in [5.41, 5.74) is 4.22. The lowest BCUT2D eigenvalue weighted by molar-refractivity contribution is 0.232. The Morgan fingerprint density at radius 2 is 2.00 bits per heavy atom. The summed E-state index contributed by atoms with van der Waals surface area (Å²) in [6.45, 7) is 8.59. The van der Waals surface area contributed by atoms with Crippen LogP contribution in [0.5, 0.6) is 0 Å². The minimum atomic E-state index is -0.344. The number of pyridine rings is 1. The molecule has 1 aliphatic carbocycles. The molecular formula is C24H32FN5. The number of hydrogen-bond acceptors (Lipinski definition) is 4. The van der Waals surface area contributed by atoms with Crippen molar-refractivity contribution >= 4 is 17.2 Å². The molecule has 0 spiro atoms. The van der Waals surface area contributed by atoms with Crippen LogP contribution < -0.4 is 5.32 Å². The minimum absolute atomic E-state index is 0. The van der Waals surface area contributed by atoms with Crippen LogP contribution in [0.4, 0.5) is 10.3 Å². The molecule has 1 saturated carbocycles. The maximum Gasteiger partial charge on any atom is 0.223 e. The van der Waals surface area contributed by atoms with Crippen molar-refractivity contribution in [3.63, 3.8) is 0 Å². The topological polar surface area (TPSA) is 55.1 Å². The summed E-state index contributed by atoms with van der Waals surface area (Å²) in [5.74, 6) is 0.326. The zero-order chi connectivity index (χ0) is 20.6. The molecule has 3 aromatic heterocycles. The molecule has 5 nitrogen and oxygen atoms in total. The van der Waals surface area contributed by atoms with Gasteiger partial charge in [0.25, 0.3) is 0 Å². The van der Waals surface area contributed by atoms with Gasteiger partial charge < -0.3 is 9.72 Å². The number of imidazole rings is 1. The number of fused-ring (bicyclic) bond motifs is 1. The average molecular weight is 410 g/mol. The van der Waals surface area contributed by atoms with Gasteiger partial charge in [-0.3, -0.25) is 0 Å². The lowest BCUT2D eigenvalue weighted by atomic mass is 9.76. The summed E-state index contributed by atoms with van der Waals surface area (Å²) in [5, 5.41) is 3.50. The van der Waals surface area contributed by atoms with E-state index in [0.29, 0.717) is 23.1 Å². The first kappa shape index (κ1) is 21.9. The number of aromatic nitrogens is 4. The van der Waals surface area contributed by atoms with Gasteiger partial charge in [-0.15, -0.1) is 0 Å². The summed E-state index contributed by atoms with van der Waals surface area (Å²) in [6.07, 6.45) is 13.7. The van der Waals surface area contributed by atoms with E-state index < -0.39 is 0 Å². The molecule has 3 aromatic rings. The summed E-state index contributed by atoms with van der Waals surface area (Å²) < 4.78 is 16.1. The molecular weight excluding hydrogens is 377 g/mol. The fraction of sp³-hybridized carbons (Fsp3) is 0.458.